The molecule has 2 N–H and O–H groups in total. The first-order chi connectivity index (χ1) is 13.6. The average Bonchev–Trinajstić information content (AvgIpc) is 3.26. The van der Waals surface area contributed by atoms with Crippen molar-refractivity contribution in [3.05, 3.63) is 87.9 Å². The van der Waals surface area contributed by atoms with Crippen LogP contribution in [0.2, 0.25) is 5.02 Å². The Kier molecular flexibility index (Phi) is 4.92. The molecule has 0 aliphatic heterocycles. The van der Waals surface area contributed by atoms with Gasteiger partial charge in [0.15, 0.2) is 0 Å². The van der Waals surface area contributed by atoms with Crippen molar-refractivity contribution >= 4 is 28.4 Å². The summed E-state index contributed by atoms with van der Waals surface area (Å²) in [5.41, 5.74) is 4.16. The number of aromatic amines is 1. The average molecular weight is 394 g/mol. The van der Waals surface area contributed by atoms with E-state index >= 15 is 0 Å². The lowest BCUT2D eigenvalue weighted by Crippen LogP contribution is -2.29. The third-order valence-corrected chi connectivity index (χ3v) is 5.35. The molecule has 2 aromatic carbocycles. The van der Waals surface area contributed by atoms with Gasteiger partial charge in [0, 0.05) is 34.6 Å². The minimum absolute atomic E-state index is 0.103. The molecule has 0 saturated heterocycles. The predicted molar refractivity (Wildman–Crippen MR) is 110 cm³/mol. The van der Waals surface area contributed by atoms with Gasteiger partial charge in [-0.15, -0.1) is 0 Å². The van der Waals surface area contributed by atoms with Gasteiger partial charge in [-0.1, -0.05) is 53.2 Å². The maximum Gasteiger partial charge on any atom is 0.256 e. The number of benzene rings is 2. The largest absolute Gasteiger partial charge is 0.361 e. The Morgan fingerprint density at radius 3 is 2.64 bits per heavy atom. The summed E-state index contributed by atoms with van der Waals surface area (Å²) in [5.74, 6) is 0.207. The van der Waals surface area contributed by atoms with E-state index in [9.17, 15) is 4.79 Å². The number of carbonyl (C=O) groups is 1. The molecule has 0 saturated carbocycles. The Morgan fingerprint density at radius 1 is 1.14 bits per heavy atom. The Morgan fingerprint density at radius 2 is 1.89 bits per heavy atom. The molecule has 6 heteroatoms. The van der Waals surface area contributed by atoms with Gasteiger partial charge < -0.3 is 14.8 Å². The number of amides is 1. The molecule has 0 spiro atoms. The van der Waals surface area contributed by atoms with Gasteiger partial charge in [-0.2, -0.15) is 0 Å². The highest BCUT2D eigenvalue weighted by atomic mass is 35.5. The topological polar surface area (TPSA) is 70.9 Å². The SMILES string of the molecule is Cc1noc(C)c1C(=O)NC[C@H](c1ccccc1Cl)c1c[nH]c2ccccc12. The number of H-pyrrole nitrogens is 1. The standard InChI is InChI=1S/C22H20ClN3O2/c1-13-21(14(2)28-26-13)22(27)25-12-17(15-7-3-5-9-19(15)23)18-11-24-20-10-6-4-8-16(18)20/h3-11,17,24H,12H2,1-2H3,(H,25,27)/t17-/m1/s1. The number of rotatable bonds is 5. The molecule has 4 aromatic rings. The van der Waals surface area contributed by atoms with E-state index in [2.05, 4.69) is 21.5 Å². The van der Waals surface area contributed by atoms with Crippen LogP contribution in [0.15, 0.2) is 59.3 Å². The number of para-hydroxylation sites is 1. The van der Waals surface area contributed by atoms with E-state index in [1.165, 1.54) is 0 Å². The Bertz CT molecular complexity index is 1130. The number of carbonyl (C=O) groups excluding carboxylic acids is 1. The van der Waals surface area contributed by atoms with Crippen LogP contribution in [-0.4, -0.2) is 22.6 Å². The van der Waals surface area contributed by atoms with Gasteiger partial charge in [0.05, 0.1) is 5.69 Å². The molecular formula is C22H20ClN3O2. The molecule has 1 amide bonds. The van der Waals surface area contributed by atoms with Crippen molar-refractivity contribution in [2.24, 2.45) is 0 Å². The van der Waals surface area contributed by atoms with Crippen LogP contribution >= 0.6 is 11.6 Å². The van der Waals surface area contributed by atoms with Gasteiger partial charge in [0.25, 0.3) is 5.91 Å². The fourth-order valence-electron chi connectivity index (χ4n) is 3.62. The van der Waals surface area contributed by atoms with Crippen LogP contribution in [0.25, 0.3) is 10.9 Å². The van der Waals surface area contributed by atoms with Crippen molar-refractivity contribution in [3.8, 4) is 0 Å². The Hall–Kier alpha value is -3.05. The van der Waals surface area contributed by atoms with Crippen LogP contribution in [-0.2, 0) is 0 Å². The molecule has 2 heterocycles. The number of hydrogen-bond donors (Lipinski definition) is 2. The Balaban J connectivity index is 1.70. The summed E-state index contributed by atoms with van der Waals surface area (Å²) in [4.78, 5) is 16.1. The molecule has 0 fully saturated rings. The van der Waals surface area contributed by atoms with E-state index in [1.807, 2.05) is 48.7 Å². The number of halogens is 1. The highest BCUT2D eigenvalue weighted by Gasteiger charge is 2.23. The lowest BCUT2D eigenvalue weighted by molar-refractivity contribution is 0.0950. The van der Waals surface area contributed by atoms with Crippen LogP contribution in [0.1, 0.15) is 38.9 Å². The first-order valence-corrected chi connectivity index (χ1v) is 9.45. The molecule has 4 rings (SSSR count). The summed E-state index contributed by atoms with van der Waals surface area (Å²) in [6.07, 6.45) is 1.99. The number of nitrogens with one attached hydrogen (secondary N) is 2. The highest BCUT2D eigenvalue weighted by molar-refractivity contribution is 6.31. The quantitative estimate of drug-likeness (QED) is 0.502. The predicted octanol–water partition coefficient (Wildman–Crippen LogP) is 4.99. The molecular weight excluding hydrogens is 374 g/mol. The maximum atomic E-state index is 12.7. The van der Waals surface area contributed by atoms with Crippen LogP contribution in [0, 0.1) is 13.8 Å². The second kappa shape index (κ2) is 7.52. The fraction of sp³-hybridized carbons (Fsp3) is 0.182. The molecule has 0 radical (unpaired) electrons. The molecule has 1 atom stereocenters. The molecule has 28 heavy (non-hydrogen) atoms. The van der Waals surface area contributed by atoms with Gasteiger partial charge in [-0.25, -0.2) is 0 Å². The first kappa shape index (κ1) is 18.3. The zero-order valence-corrected chi connectivity index (χ0v) is 16.4. The van der Waals surface area contributed by atoms with Crippen molar-refractivity contribution in [1.29, 1.82) is 0 Å². The fourth-order valence-corrected chi connectivity index (χ4v) is 3.89. The molecule has 0 aliphatic carbocycles. The number of hydrogen-bond acceptors (Lipinski definition) is 3. The van der Waals surface area contributed by atoms with Gasteiger partial charge in [-0.3, -0.25) is 4.79 Å². The van der Waals surface area contributed by atoms with Crippen LogP contribution in [0.3, 0.4) is 0 Å². The molecule has 5 nitrogen and oxygen atoms in total. The van der Waals surface area contributed by atoms with Crippen molar-refractivity contribution < 1.29 is 9.32 Å². The summed E-state index contributed by atoms with van der Waals surface area (Å²) in [6.45, 7) is 3.89. The zero-order valence-electron chi connectivity index (χ0n) is 15.6. The second-order valence-electron chi connectivity index (χ2n) is 6.77. The number of nitrogens with zero attached hydrogens (tertiary/aromatic N) is 1. The van der Waals surface area contributed by atoms with Crippen molar-refractivity contribution in [2.45, 2.75) is 19.8 Å². The molecule has 142 valence electrons. The number of fused-ring (bicyclic) bond motifs is 1. The van der Waals surface area contributed by atoms with E-state index in [1.54, 1.807) is 13.8 Å². The Labute approximate surface area is 167 Å². The van der Waals surface area contributed by atoms with Crippen LogP contribution in [0.4, 0.5) is 0 Å². The minimum Gasteiger partial charge on any atom is -0.361 e. The zero-order chi connectivity index (χ0) is 19.7. The minimum atomic E-state index is -0.201. The lowest BCUT2D eigenvalue weighted by Gasteiger charge is -2.19. The summed E-state index contributed by atoms with van der Waals surface area (Å²) in [7, 11) is 0. The van der Waals surface area contributed by atoms with Crippen molar-refractivity contribution in [1.82, 2.24) is 15.5 Å². The molecule has 0 aliphatic rings. The third-order valence-electron chi connectivity index (χ3n) is 5.00. The third kappa shape index (κ3) is 3.29. The van der Waals surface area contributed by atoms with Crippen molar-refractivity contribution in [2.75, 3.05) is 6.54 Å². The van der Waals surface area contributed by atoms with E-state index in [4.69, 9.17) is 16.1 Å². The van der Waals surface area contributed by atoms with E-state index < -0.39 is 0 Å². The van der Waals surface area contributed by atoms with Gasteiger partial charge >= 0.3 is 0 Å². The monoisotopic (exact) mass is 393 g/mol. The van der Waals surface area contributed by atoms with Crippen LogP contribution < -0.4 is 5.32 Å². The summed E-state index contributed by atoms with van der Waals surface area (Å²) < 4.78 is 5.12. The second-order valence-corrected chi connectivity index (χ2v) is 7.18. The van der Waals surface area contributed by atoms with Gasteiger partial charge in [0.1, 0.15) is 11.3 Å². The maximum absolute atomic E-state index is 12.7. The van der Waals surface area contributed by atoms with Crippen LogP contribution in [0.5, 0.6) is 0 Å². The molecule has 0 bridgehead atoms. The van der Waals surface area contributed by atoms with E-state index in [0.717, 1.165) is 22.0 Å². The molecule has 0 unspecified atom stereocenters. The normalized spacial score (nSPS) is 12.2. The van der Waals surface area contributed by atoms with Gasteiger partial charge in [-0.05, 0) is 37.1 Å². The number of aromatic nitrogens is 2. The molecule has 2 aromatic heterocycles. The first-order valence-electron chi connectivity index (χ1n) is 9.07. The van der Waals surface area contributed by atoms with E-state index in [-0.39, 0.29) is 11.8 Å². The smallest absolute Gasteiger partial charge is 0.256 e. The van der Waals surface area contributed by atoms with E-state index in [0.29, 0.717) is 28.6 Å². The lowest BCUT2D eigenvalue weighted by atomic mass is 9.90. The highest BCUT2D eigenvalue weighted by Crippen LogP contribution is 2.34. The van der Waals surface area contributed by atoms with Gasteiger partial charge in [0.2, 0.25) is 0 Å². The number of aryl methyl sites for hydroxylation is 2. The summed E-state index contributed by atoms with van der Waals surface area (Å²) in [6, 6.07) is 15.8. The van der Waals surface area contributed by atoms with Crippen molar-refractivity contribution in [3.63, 3.8) is 0 Å². The summed E-state index contributed by atoms with van der Waals surface area (Å²) in [5, 5.41) is 8.68. The summed E-state index contributed by atoms with van der Waals surface area (Å²) >= 11 is 6.50.